The maximum Gasteiger partial charge on any atom is 0.244 e. The van der Waals surface area contributed by atoms with Gasteiger partial charge in [0.25, 0.3) is 0 Å². The smallest absolute Gasteiger partial charge is 0.244 e. The van der Waals surface area contributed by atoms with Crippen LogP contribution < -0.4 is 23.8 Å². The molecule has 0 aliphatic rings. The Morgan fingerprint density at radius 3 is 2.26 bits per heavy atom. The molecule has 0 fully saturated rings. The molecule has 2 amide bonds. The van der Waals surface area contributed by atoms with Crippen molar-refractivity contribution in [2.24, 2.45) is 0 Å². The van der Waals surface area contributed by atoms with Crippen LogP contribution in [0.15, 0.2) is 42.5 Å². The van der Waals surface area contributed by atoms with E-state index in [2.05, 4.69) is 5.32 Å². The second-order valence-electron chi connectivity index (χ2n) is 8.75. The summed E-state index contributed by atoms with van der Waals surface area (Å²) in [5.41, 5.74) is 0.981. The third-order valence-corrected chi connectivity index (χ3v) is 7.18. The van der Waals surface area contributed by atoms with E-state index in [1.807, 2.05) is 19.9 Å². The zero-order chi connectivity index (χ0) is 28.3. The molecule has 0 aliphatic heterocycles. The predicted molar refractivity (Wildman–Crippen MR) is 147 cm³/mol. The first-order chi connectivity index (χ1) is 18.1. The van der Waals surface area contributed by atoms with E-state index >= 15 is 0 Å². The lowest BCUT2D eigenvalue weighted by atomic mass is 10.1. The van der Waals surface area contributed by atoms with E-state index in [0.717, 1.165) is 29.0 Å². The molecular formula is C27H39N3O7S. The fourth-order valence-electron chi connectivity index (χ4n) is 3.99. The molecule has 0 bridgehead atoms. The van der Waals surface area contributed by atoms with Gasteiger partial charge in [0.2, 0.25) is 21.8 Å². The molecule has 0 unspecified atom stereocenters. The topological polar surface area (TPSA) is 114 Å². The van der Waals surface area contributed by atoms with E-state index in [9.17, 15) is 18.0 Å². The van der Waals surface area contributed by atoms with Gasteiger partial charge in [0.15, 0.2) is 11.5 Å². The van der Waals surface area contributed by atoms with Gasteiger partial charge >= 0.3 is 0 Å². The Morgan fingerprint density at radius 1 is 0.974 bits per heavy atom. The van der Waals surface area contributed by atoms with Gasteiger partial charge in [-0.15, -0.1) is 0 Å². The summed E-state index contributed by atoms with van der Waals surface area (Å²) in [6.07, 6.45) is 3.10. The molecule has 2 aromatic carbocycles. The third kappa shape index (κ3) is 8.27. The number of unbranched alkanes of at least 4 members (excludes halogenated alkanes) is 1. The number of ether oxygens (including phenoxy) is 3. The van der Waals surface area contributed by atoms with Crippen LogP contribution >= 0.6 is 0 Å². The second-order valence-corrected chi connectivity index (χ2v) is 10.7. The molecule has 2 aromatic rings. The number of sulfonamides is 1. The van der Waals surface area contributed by atoms with Gasteiger partial charge in [-0.25, -0.2) is 8.42 Å². The fourth-order valence-corrected chi connectivity index (χ4v) is 4.83. The number of rotatable bonds is 15. The summed E-state index contributed by atoms with van der Waals surface area (Å²) in [5, 5.41) is 2.90. The number of amides is 2. The Morgan fingerprint density at radius 2 is 1.68 bits per heavy atom. The lowest BCUT2D eigenvalue weighted by Gasteiger charge is -2.33. The van der Waals surface area contributed by atoms with Crippen LogP contribution in [0.4, 0.5) is 5.69 Å². The van der Waals surface area contributed by atoms with Crippen molar-refractivity contribution in [1.29, 1.82) is 0 Å². The zero-order valence-electron chi connectivity index (χ0n) is 23.0. The number of anilines is 1. The molecule has 2 rings (SSSR count). The highest BCUT2D eigenvalue weighted by molar-refractivity contribution is 7.92. The Balaban J connectivity index is 2.47. The molecule has 0 spiro atoms. The minimum atomic E-state index is -3.88. The Labute approximate surface area is 225 Å². The van der Waals surface area contributed by atoms with Gasteiger partial charge in [-0.3, -0.25) is 13.9 Å². The Kier molecular flexibility index (Phi) is 11.7. The van der Waals surface area contributed by atoms with Crippen LogP contribution in [0.1, 0.15) is 38.7 Å². The summed E-state index contributed by atoms with van der Waals surface area (Å²) in [7, 11) is 0.586. The monoisotopic (exact) mass is 549 g/mol. The first kappa shape index (κ1) is 30.8. The molecule has 10 nitrogen and oxygen atoms in total. The van der Waals surface area contributed by atoms with E-state index in [0.29, 0.717) is 30.2 Å². The SMILES string of the molecule is CCCCNC(=O)[C@@H](CC)N(Cc1cccc(OC)c1)C(=O)CN(c1ccc(OC)c(OC)c1)S(C)(=O)=O. The molecule has 11 heteroatoms. The molecule has 210 valence electrons. The minimum absolute atomic E-state index is 0.0965. The molecule has 1 N–H and O–H groups in total. The van der Waals surface area contributed by atoms with Crippen LogP contribution in [-0.2, 0) is 26.2 Å². The van der Waals surface area contributed by atoms with E-state index in [1.54, 1.807) is 31.4 Å². The number of carbonyl (C=O) groups excluding carboxylic acids is 2. The molecule has 0 saturated carbocycles. The number of hydrogen-bond acceptors (Lipinski definition) is 7. The van der Waals surface area contributed by atoms with E-state index < -0.39 is 28.5 Å². The summed E-state index contributed by atoms with van der Waals surface area (Å²) in [4.78, 5) is 28.3. The minimum Gasteiger partial charge on any atom is -0.497 e. The molecule has 0 heterocycles. The normalized spacial score (nSPS) is 11.8. The summed E-state index contributed by atoms with van der Waals surface area (Å²) < 4.78 is 42.5. The van der Waals surface area contributed by atoms with E-state index in [4.69, 9.17) is 14.2 Å². The van der Waals surface area contributed by atoms with Gasteiger partial charge in [-0.05, 0) is 42.7 Å². The molecule has 1 atom stereocenters. The molecule has 0 radical (unpaired) electrons. The van der Waals surface area contributed by atoms with Crippen LogP contribution in [0.3, 0.4) is 0 Å². The summed E-state index contributed by atoms with van der Waals surface area (Å²) in [6.45, 7) is 3.93. The van der Waals surface area contributed by atoms with Crippen molar-refractivity contribution < 1.29 is 32.2 Å². The number of carbonyl (C=O) groups is 2. The van der Waals surface area contributed by atoms with Crippen LogP contribution in [0.2, 0.25) is 0 Å². The highest BCUT2D eigenvalue weighted by atomic mass is 32.2. The molecule has 0 aromatic heterocycles. The van der Waals surface area contributed by atoms with Gasteiger partial charge in [0, 0.05) is 19.2 Å². The lowest BCUT2D eigenvalue weighted by Crippen LogP contribution is -2.52. The van der Waals surface area contributed by atoms with Crippen molar-refractivity contribution in [1.82, 2.24) is 10.2 Å². The van der Waals surface area contributed by atoms with Crippen molar-refractivity contribution in [3.63, 3.8) is 0 Å². The van der Waals surface area contributed by atoms with Gasteiger partial charge in [-0.2, -0.15) is 0 Å². The van der Waals surface area contributed by atoms with Crippen LogP contribution in [0, 0.1) is 0 Å². The van der Waals surface area contributed by atoms with Crippen LogP contribution in [0.5, 0.6) is 17.2 Å². The molecule has 0 saturated heterocycles. The maximum absolute atomic E-state index is 13.8. The van der Waals surface area contributed by atoms with Gasteiger partial charge in [0.05, 0.1) is 33.3 Å². The summed E-state index contributed by atoms with van der Waals surface area (Å²) >= 11 is 0. The highest BCUT2D eigenvalue weighted by Crippen LogP contribution is 2.32. The number of nitrogens with zero attached hydrogens (tertiary/aromatic N) is 2. The maximum atomic E-state index is 13.8. The van der Waals surface area contributed by atoms with E-state index in [-0.39, 0.29) is 18.1 Å². The first-order valence-corrected chi connectivity index (χ1v) is 14.3. The Bertz CT molecular complexity index is 1190. The van der Waals surface area contributed by atoms with Crippen molar-refractivity contribution >= 4 is 27.5 Å². The molecule has 0 aliphatic carbocycles. The van der Waals surface area contributed by atoms with E-state index in [1.165, 1.54) is 31.3 Å². The quantitative estimate of drug-likeness (QED) is 0.339. The van der Waals surface area contributed by atoms with Gasteiger partial charge in [0.1, 0.15) is 18.3 Å². The number of hydrogen-bond donors (Lipinski definition) is 1. The largest absolute Gasteiger partial charge is 0.497 e. The number of nitrogens with one attached hydrogen (secondary N) is 1. The molecular weight excluding hydrogens is 510 g/mol. The second kappa shape index (κ2) is 14.5. The van der Waals surface area contributed by atoms with Crippen molar-refractivity contribution in [2.75, 3.05) is 45.0 Å². The van der Waals surface area contributed by atoms with Crippen molar-refractivity contribution in [2.45, 2.75) is 45.7 Å². The predicted octanol–water partition coefficient (Wildman–Crippen LogP) is 3.20. The fraction of sp³-hybridized carbons (Fsp3) is 0.481. The summed E-state index contributed by atoms with van der Waals surface area (Å²) in [6, 6.07) is 11.0. The zero-order valence-corrected chi connectivity index (χ0v) is 23.8. The van der Waals surface area contributed by atoms with Crippen LogP contribution in [-0.4, -0.2) is 71.8 Å². The van der Waals surface area contributed by atoms with Gasteiger partial charge in [-0.1, -0.05) is 32.4 Å². The Hall–Kier alpha value is -3.47. The average molecular weight is 550 g/mol. The molecule has 38 heavy (non-hydrogen) atoms. The van der Waals surface area contributed by atoms with Gasteiger partial charge < -0.3 is 24.4 Å². The lowest BCUT2D eigenvalue weighted by molar-refractivity contribution is -0.140. The first-order valence-electron chi connectivity index (χ1n) is 12.5. The number of methoxy groups -OCH3 is 3. The summed E-state index contributed by atoms with van der Waals surface area (Å²) in [5.74, 6) is 0.546. The highest BCUT2D eigenvalue weighted by Gasteiger charge is 2.32. The third-order valence-electron chi connectivity index (χ3n) is 6.04. The van der Waals surface area contributed by atoms with Crippen molar-refractivity contribution in [3.8, 4) is 17.2 Å². The average Bonchev–Trinajstić information content (AvgIpc) is 2.90. The van der Waals surface area contributed by atoms with Crippen molar-refractivity contribution in [3.05, 3.63) is 48.0 Å². The standard InChI is InChI=1S/C27H39N3O7S/c1-7-9-15-28-27(32)23(8-2)29(18-20-11-10-12-22(16-20)35-3)26(31)19-30(38(6,33)34)21-13-14-24(36-4)25(17-21)37-5/h10-14,16-17,23H,7-9,15,18-19H2,1-6H3,(H,28,32)/t23-/m1/s1. The van der Waals surface area contributed by atoms with Crippen LogP contribution in [0.25, 0.3) is 0 Å². The number of benzene rings is 2.